The van der Waals surface area contributed by atoms with Gasteiger partial charge in [-0.1, -0.05) is 12.1 Å². The van der Waals surface area contributed by atoms with Gasteiger partial charge in [-0.05, 0) is 52.9 Å². The smallest absolute Gasteiger partial charge is 0.265 e. The molecule has 0 radical (unpaired) electrons. The molecule has 0 atom stereocenters. The normalized spacial score (nSPS) is 11.3. The number of halogens is 1. The van der Waals surface area contributed by atoms with Gasteiger partial charge < -0.3 is 4.98 Å². The van der Waals surface area contributed by atoms with Crippen LogP contribution >= 0.6 is 22.6 Å². The molecule has 2 heterocycles. The van der Waals surface area contributed by atoms with E-state index in [2.05, 4.69) is 38.6 Å². The molecule has 2 aromatic heterocycles. The van der Waals surface area contributed by atoms with Gasteiger partial charge >= 0.3 is 0 Å². The van der Waals surface area contributed by atoms with Crippen molar-refractivity contribution in [1.82, 2.24) is 14.5 Å². The van der Waals surface area contributed by atoms with Gasteiger partial charge in [0, 0.05) is 20.7 Å². The lowest BCUT2D eigenvalue weighted by Crippen LogP contribution is -2.18. The number of nitrogens with one attached hydrogen (secondary N) is 1. The van der Waals surface area contributed by atoms with Crippen molar-refractivity contribution < 1.29 is 0 Å². The van der Waals surface area contributed by atoms with Gasteiger partial charge in [-0.2, -0.15) is 0 Å². The number of nitrogens with zero attached hydrogens (tertiary/aromatic N) is 2. The van der Waals surface area contributed by atoms with E-state index in [9.17, 15) is 4.79 Å². The lowest BCUT2D eigenvalue weighted by atomic mass is 10.2. The highest BCUT2D eigenvalue weighted by Gasteiger charge is 2.10. The average molecular weight is 387 g/mol. The van der Waals surface area contributed by atoms with Gasteiger partial charge in [-0.25, -0.2) is 4.98 Å². The van der Waals surface area contributed by atoms with E-state index >= 15 is 0 Å². The van der Waals surface area contributed by atoms with Crippen LogP contribution < -0.4 is 5.56 Å². The maximum atomic E-state index is 12.7. The van der Waals surface area contributed by atoms with Gasteiger partial charge in [-0.15, -0.1) is 0 Å². The predicted octanol–water partition coefficient (Wildman–Crippen LogP) is 3.47. The third-order valence-corrected chi connectivity index (χ3v) is 4.22. The molecule has 4 rings (SSSR count). The summed E-state index contributed by atoms with van der Waals surface area (Å²) in [7, 11) is 0. The number of benzene rings is 2. The van der Waals surface area contributed by atoms with Crippen LogP contribution in [-0.2, 0) is 0 Å². The van der Waals surface area contributed by atoms with E-state index in [1.807, 2.05) is 36.5 Å². The van der Waals surface area contributed by atoms with Gasteiger partial charge in [-0.3, -0.25) is 9.36 Å². The predicted molar refractivity (Wildman–Crippen MR) is 91.9 cm³/mol. The minimum absolute atomic E-state index is 0.0552. The monoisotopic (exact) mass is 387 g/mol. The highest BCUT2D eigenvalue weighted by atomic mass is 127. The summed E-state index contributed by atoms with van der Waals surface area (Å²) in [5.41, 5.74) is 2.49. The molecule has 0 fully saturated rings. The van der Waals surface area contributed by atoms with Gasteiger partial charge in [0.1, 0.15) is 6.33 Å². The van der Waals surface area contributed by atoms with E-state index in [4.69, 9.17) is 0 Å². The SMILES string of the molecule is O=c1c2ccccc2ncn1-c1c[nH]c2ccc(I)cc12. The van der Waals surface area contributed by atoms with E-state index in [1.165, 1.54) is 0 Å². The molecule has 1 N–H and O–H groups in total. The summed E-state index contributed by atoms with van der Waals surface area (Å²) >= 11 is 2.27. The van der Waals surface area contributed by atoms with Gasteiger partial charge in [0.25, 0.3) is 5.56 Å². The molecule has 2 aromatic carbocycles. The molecular formula is C16H10IN3O. The third kappa shape index (κ3) is 1.96. The Balaban J connectivity index is 2.07. The van der Waals surface area contributed by atoms with Gasteiger partial charge in [0.2, 0.25) is 0 Å². The highest BCUT2D eigenvalue weighted by Crippen LogP contribution is 2.23. The first-order chi connectivity index (χ1) is 10.2. The van der Waals surface area contributed by atoms with Crippen molar-refractivity contribution >= 4 is 44.4 Å². The summed E-state index contributed by atoms with van der Waals surface area (Å²) in [6.07, 6.45) is 3.44. The summed E-state index contributed by atoms with van der Waals surface area (Å²) in [6, 6.07) is 13.5. The first kappa shape index (κ1) is 12.6. The zero-order chi connectivity index (χ0) is 14.4. The van der Waals surface area contributed by atoms with Crippen LogP contribution in [0.1, 0.15) is 0 Å². The van der Waals surface area contributed by atoms with E-state index < -0.39 is 0 Å². The number of hydrogen-bond acceptors (Lipinski definition) is 2. The zero-order valence-corrected chi connectivity index (χ0v) is 13.0. The topological polar surface area (TPSA) is 50.7 Å². The molecular weight excluding hydrogens is 377 g/mol. The number of fused-ring (bicyclic) bond motifs is 2. The van der Waals surface area contributed by atoms with E-state index in [1.54, 1.807) is 17.0 Å². The fraction of sp³-hybridized carbons (Fsp3) is 0. The third-order valence-electron chi connectivity index (χ3n) is 3.55. The van der Waals surface area contributed by atoms with Crippen molar-refractivity contribution in [2.45, 2.75) is 0 Å². The Hall–Kier alpha value is -2.15. The Morgan fingerprint density at radius 1 is 1.10 bits per heavy atom. The van der Waals surface area contributed by atoms with E-state index in [0.717, 1.165) is 20.2 Å². The van der Waals surface area contributed by atoms with Crippen molar-refractivity contribution in [1.29, 1.82) is 0 Å². The standard InChI is InChI=1S/C16H10IN3O/c17-10-5-6-14-12(7-10)15(8-18-14)20-9-19-13-4-2-1-3-11(13)16(20)21/h1-9,18H. The first-order valence-electron chi connectivity index (χ1n) is 6.47. The Morgan fingerprint density at radius 3 is 2.86 bits per heavy atom. The largest absolute Gasteiger partial charge is 0.359 e. The molecule has 4 nitrogen and oxygen atoms in total. The van der Waals surface area contributed by atoms with Crippen LogP contribution in [0, 0.1) is 3.57 Å². The Labute approximate surface area is 133 Å². The van der Waals surface area contributed by atoms with Crippen LogP contribution in [-0.4, -0.2) is 14.5 Å². The van der Waals surface area contributed by atoms with E-state index in [0.29, 0.717) is 10.9 Å². The maximum absolute atomic E-state index is 12.7. The van der Waals surface area contributed by atoms with Crippen LogP contribution in [0.3, 0.4) is 0 Å². The summed E-state index contributed by atoms with van der Waals surface area (Å²) in [5.74, 6) is 0. The summed E-state index contributed by atoms with van der Waals surface area (Å²) in [6.45, 7) is 0. The first-order valence-corrected chi connectivity index (χ1v) is 7.55. The number of rotatable bonds is 1. The van der Waals surface area contributed by atoms with Crippen LogP contribution in [0.15, 0.2) is 59.8 Å². The number of para-hydroxylation sites is 1. The molecule has 102 valence electrons. The molecule has 0 saturated carbocycles. The summed E-state index contributed by atoms with van der Waals surface area (Å²) in [5, 5.41) is 1.64. The van der Waals surface area contributed by atoms with Crippen LogP contribution in [0.4, 0.5) is 0 Å². The van der Waals surface area contributed by atoms with Crippen LogP contribution in [0.5, 0.6) is 0 Å². The van der Waals surface area contributed by atoms with Crippen molar-refractivity contribution in [2.24, 2.45) is 0 Å². The Bertz CT molecular complexity index is 1030. The lowest BCUT2D eigenvalue weighted by molar-refractivity contribution is 0.970. The molecule has 21 heavy (non-hydrogen) atoms. The van der Waals surface area contributed by atoms with Gasteiger partial charge in [0.15, 0.2) is 0 Å². The van der Waals surface area contributed by atoms with Gasteiger partial charge in [0.05, 0.1) is 16.6 Å². The molecule has 0 aliphatic rings. The van der Waals surface area contributed by atoms with Crippen LogP contribution in [0.25, 0.3) is 27.5 Å². The molecule has 0 aliphatic heterocycles. The van der Waals surface area contributed by atoms with Crippen molar-refractivity contribution in [3.05, 3.63) is 68.9 Å². The molecule has 0 bridgehead atoms. The average Bonchev–Trinajstić information content (AvgIpc) is 2.91. The number of hydrogen-bond donors (Lipinski definition) is 1. The Kier molecular flexibility index (Phi) is 2.81. The second-order valence-electron chi connectivity index (χ2n) is 4.80. The molecule has 0 aliphatic carbocycles. The molecule has 0 spiro atoms. The molecule has 0 unspecified atom stereocenters. The highest BCUT2D eigenvalue weighted by molar-refractivity contribution is 14.1. The zero-order valence-electron chi connectivity index (χ0n) is 10.9. The number of aromatic amines is 1. The second-order valence-corrected chi connectivity index (χ2v) is 6.05. The van der Waals surface area contributed by atoms with Crippen molar-refractivity contribution in [3.8, 4) is 5.69 Å². The quantitative estimate of drug-likeness (QED) is 0.509. The molecule has 0 amide bonds. The van der Waals surface area contributed by atoms with Crippen molar-refractivity contribution in [3.63, 3.8) is 0 Å². The molecule has 0 saturated heterocycles. The minimum atomic E-state index is -0.0552. The molecule has 5 heteroatoms. The summed E-state index contributed by atoms with van der Waals surface area (Å²) < 4.78 is 2.72. The van der Waals surface area contributed by atoms with Crippen molar-refractivity contribution in [2.75, 3.05) is 0 Å². The van der Waals surface area contributed by atoms with Crippen LogP contribution in [0.2, 0.25) is 0 Å². The molecule has 4 aromatic rings. The minimum Gasteiger partial charge on any atom is -0.359 e. The second kappa shape index (κ2) is 4.70. The maximum Gasteiger partial charge on any atom is 0.265 e. The van der Waals surface area contributed by atoms with E-state index in [-0.39, 0.29) is 5.56 Å². The number of aromatic nitrogens is 3. The fourth-order valence-electron chi connectivity index (χ4n) is 2.52. The summed E-state index contributed by atoms with van der Waals surface area (Å²) in [4.78, 5) is 20.2. The Morgan fingerprint density at radius 2 is 1.95 bits per heavy atom. The fourth-order valence-corrected chi connectivity index (χ4v) is 3.01. The number of H-pyrrole nitrogens is 1. The lowest BCUT2D eigenvalue weighted by Gasteiger charge is -2.05.